The molecule has 0 bridgehead atoms. The molecule has 6 atom stereocenters. The van der Waals surface area contributed by atoms with Crippen LogP contribution in [0.3, 0.4) is 0 Å². The summed E-state index contributed by atoms with van der Waals surface area (Å²) >= 11 is 0. The van der Waals surface area contributed by atoms with E-state index in [9.17, 15) is 36.8 Å². The SMILES string of the molecule is CC(=O)NC1CC(N(CCCCS(=O)(=O)O)CCCCS(=O)(=O)O)CCC1N=Nc1c(C#N)cnn1C1C(C)CCCC1C(=O)O. The van der Waals surface area contributed by atoms with Gasteiger partial charge in [-0.3, -0.25) is 18.7 Å². The second-order valence-corrected chi connectivity index (χ2v) is 15.5. The van der Waals surface area contributed by atoms with Crippen LogP contribution in [0, 0.1) is 23.2 Å². The van der Waals surface area contributed by atoms with Crippen molar-refractivity contribution in [1.82, 2.24) is 20.0 Å². The Labute approximate surface area is 270 Å². The number of nitriles is 1. The molecule has 1 aromatic rings. The van der Waals surface area contributed by atoms with Gasteiger partial charge in [-0.2, -0.15) is 32.3 Å². The summed E-state index contributed by atoms with van der Waals surface area (Å²) in [7, 11) is -8.21. The molecular formula is C28H45N7O9S2. The van der Waals surface area contributed by atoms with Gasteiger partial charge in [0.25, 0.3) is 20.2 Å². The molecule has 3 rings (SSSR count). The molecule has 18 heteroatoms. The Morgan fingerprint density at radius 2 is 1.70 bits per heavy atom. The third-order valence-corrected chi connectivity index (χ3v) is 10.5. The van der Waals surface area contributed by atoms with Crippen LogP contribution in [0.25, 0.3) is 0 Å². The number of carboxylic acids is 1. The number of carboxylic acid groups (broad SMARTS) is 1. The first kappa shape index (κ1) is 37.5. The zero-order chi connectivity index (χ0) is 34.1. The lowest BCUT2D eigenvalue weighted by Gasteiger charge is -2.40. The number of aromatic nitrogens is 2. The van der Waals surface area contributed by atoms with Gasteiger partial charge in [0.2, 0.25) is 5.91 Å². The molecule has 0 aliphatic heterocycles. The highest BCUT2D eigenvalue weighted by atomic mass is 32.2. The molecule has 2 aliphatic carbocycles. The first-order chi connectivity index (χ1) is 21.6. The normalized spacial score (nSPS) is 25.8. The second kappa shape index (κ2) is 16.7. The zero-order valence-corrected chi connectivity index (χ0v) is 27.9. The second-order valence-electron chi connectivity index (χ2n) is 12.4. The van der Waals surface area contributed by atoms with Crippen molar-refractivity contribution < 1.29 is 40.6 Å². The number of carbonyl (C=O) groups excluding carboxylic acids is 1. The number of hydrogen-bond donors (Lipinski definition) is 4. The van der Waals surface area contributed by atoms with Crippen molar-refractivity contribution in [3.05, 3.63) is 11.8 Å². The van der Waals surface area contributed by atoms with Crippen molar-refractivity contribution in [3.63, 3.8) is 0 Å². The number of hydrogen-bond acceptors (Lipinski definition) is 11. The average molecular weight is 688 g/mol. The van der Waals surface area contributed by atoms with Crippen molar-refractivity contribution in [1.29, 1.82) is 5.26 Å². The molecule has 0 radical (unpaired) electrons. The van der Waals surface area contributed by atoms with E-state index >= 15 is 0 Å². The van der Waals surface area contributed by atoms with E-state index in [2.05, 4.69) is 31.6 Å². The summed E-state index contributed by atoms with van der Waals surface area (Å²) in [5.41, 5.74) is 0.163. The van der Waals surface area contributed by atoms with E-state index in [0.29, 0.717) is 51.6 Å². The molecule has 1 amide bonds. The molecule has 16 nitrogen and oxygen atoms in total. The number of amides is 1. The Kier molecular flexibility index (Phi) is 13.6. The minimum absolute atomic E-state index is 0.0150. The fourth-order valence-corrected chi connectivity index (χ4v) is 7.79. The molecule has 0 saturated heterocycles. The molecule has 2 fully saturated rings. The van der Waals surface area contributed by atoms with Gasteiger partial charge in [0.1, 0.15) is 11.6 Å². The van der Waals surface area contributed by atoms with Crippen molar-refractivity contribution in [3.8, 4) is 6.07 Å². The summed E-state index contributed by atoms with van der Waals surface area (Å²) in [4.78, 5) is 26.4. The van der Waals surface area contributed by atoms with E-state index in [1.54, 1.807) is 0 Å². The van der Waals surface area contributed by atoms with Crippen LogP contribution in [-0.4, -0.2) is 100 Å². The van der Waals surface area contributed by atoms with E-state index in [-0.39, 0.29) is 53.6 Å². The van der Waals surface area contributed by atoms with Crippen molar-refractivity contribution in [2.24, 2.45) is 22.1 Å². The monoisotopic (exact) mass is 687 g/mol. The number of azo groups is 1. The standard InChI is InChI=1S/C28H45N7O9S2/c1-19-8-7-9-23(28(37)38)26(19)35-27(21(17-29)18-30-35)33-32-24-11-10-22(16-25(24)31-20(2)36)34(12-3-5-14-45(39,40)41)13-4-6-15-46(42,43)44/h18-19,22-26H,3-16H2,1-2H3,(H,31,36)(H,37,38)(H,39,40,41)(H,42,43,44). The van der Waals surface area contributed by atoms with E-state index in [4.69, 9.17) is 9.11 Å². The topological polar surface area (TPSA) is 245 Å². The lowest BCUT2D eigenvalue weighted by Crippen LogP contribution is -2.51. The Morgan fingerprint density at radius 3 is 2.24 bits per heavy atom. The van der Waals surface area contributed by atoms with Gasteiger partial charge in [0.05, 0.1) is 41.7 Å². The fraction of sp³-hybridized carbons (Fsp3) is 0.786. The van der Waals surface area contributed by atoms with Gasteiger partial charge in [0.15, 0.2) is 5.82 Å². The molecule has 0 aromatic carbocycles. The van der Waals surface area contributed by atoms with Crippen LogP contribution in [0.5, 0.6) is 0 Å². The molecule has 1 heterocycles. The van der Waals surface area contributed by atoms with Gasteiger partial charge in [0, 0.05) is 13.0 Å². The van der Waals surface area contributed by atoms with E-state index < -0.39 is 50.2 Å². The Hall–Kier alpha value is -2.98. The largest absolute Gasteiger partial charge is 0.481 e. The van der Waals surface area contributed by atoms with Gasteiger partial charge in [-0.25, -0.2) is 4.68 Å². The summed E-state index contributed by atoms with van der Waals surface area (Å²) in [6.45, 7) is 4.29. The quantitative estimate of drug-likeness (QED) is 0.111. The van der Waals surface area contributed by atoms with E-state index in [1.807, 2.05) is 6.92 Å². The number of unbranched alkanes of at least 4 members (excludes halogenated alkanes) is 2. The number of nitrogens with zero attached hydrogens (tertiary/aromatic N) is 6. The van der Waals surface area contributed by atoms with Gasteiger partial charge in [-0.05, 0) is 76.8 Å². The highest BCUT2D eigenvalue weighted by Gasteiger charge is 2.39. The number of nitrogens with one attached hydrogen (secondary N) is 1. The fourth-order valence-electron chi connectivity index (χ4n) is 6.65. The summed E-state index contributed by atoms with van der Waals surface area (Å²) in [5, 5.41) is 36.0. The maximum Gasteiger partial charge on any atom is 0.308 e. The van der Waals surface area contributed by atoms with Crippen LogP contribution in [0.1, 0.15) is 89.7 Å². The van der Waals surface area contributed by atoms with Gasteiger partial charge < -0.3 is 15.3 Å². The summed E-state index contributed by atoms with van der Waals surface area (Å²) in [6.07, 6.45) is 6.40. The van der Waals surface area contributed by atoms with Crippen molar-refractivity contribution in [2.75, 3.05) is 24.6 Å². The zero-order valence-electron chi connectivity index (χ0n) is 26.2. The summed E-state index contributed by atoms with van der Waals surface area (Å²) in [6, 6.07) is 0.589. The van der Waals surface area contributed by atoms with Crippen LogP contribution in [0.4, 0.5) is 5.82 Å². The van der Waals surface area contributed by atoms with Crippen LogP contribution in [0.2, 0.25) is 0 Å². The molecule has 4 N–H and O–H groups in total. The highest BCUT2D eigenvalue weighted by Crippen LogP contribution is 2.41. The van der Waals surface area contributed by atoms with E-state index in [1.165, 1.54) is 17.8 Å². The lowest BCUT2D eigenvalue weighted by molar-refractivity contribution is -0.145. The number of aliphatic carboxylic acids is 1. The average Bonchev–Trinajstić information content (AvgIpc) is 3.36. The predicted molar refractivity (Wildman–Crippen MR) is 167 cm³/mol. The molecule has 1 aromatic heterocycles. The minimum Gasteiger partial charge on any atom is -0.481 e. The third-order valence-electron chi connectivity index (χ3n) is 8.85. The molecule has 258 valence electrons. The molecule has 46 heavy (non-hydrogen) atoms. The molecular weight excluding hydrogens is 642 g/mol. The summed E-state index contributed by atoms with van der Waals surface area (Å²) < 4.78 is 64.4. The highest BCUT2D eigenvalue weighted by molar-refractivity contribution is 7.86. The van der Waals surface area contributed by atoms with Crippen LogP contribution in [-0.2, 0) is 29.8 Å². The lowest BCUT2D eigenvalue weighted by atomic mass is 9.78. The number of carbonyl (C=O) groups is 2. The van der Waals surface area contributed by atoms with Crippen LogP contribution >= 0.6 is 0 Å². The molecule has 0 spiro atoms. The Balaban J connectivity index is 1.81. The first-order valence-electron chi connectivity index (χ1n) is 15.6. The smallest absolute Gasteiger partial charge is 0.308 e. The van der Waals surface area contributed by atoms with Crippen molar-refractivity contribution in [2.45, 2.75) is 102 Å². The molecule has 2 aliphatic rings. The van der Waals surface area contributed by atoms with Gasteiger partial charge in [-0.15, -0.1) is 5.11 Å². The third kappa shape index (κ3) is 11.4. The first-order valence-corrected chi connectivity index (χ1v) is 18.8. The summed E-state index contributed by atoms with van der Waals surface area (Å²) in [5.74, 6) is -2.49. The molecule has 2 saturated carbocycles. The van der Waals surface area contributed by atoms with Crippen molar-refractivity contribution >= 4 is 37.9 Å². The van der Waals surface area contributed by atoms with E-state index in [0.717, 1.165) is 12.8 Å². The Bertz CT molecular complexity index is 1450. The Morgan fingerprint density at radius 1 is 1.07 bits per heavy atom. The van der Waals surface area contributed by atoms with Gasteiger partial charge in [-0.1, -0.05) is 13.3 Å². The molecule has 6 unspecified atom stereocenters. The minimum atomic E-state index is -4.10. The van der Waals surface area contributed by atoms with Crippen LogP contribution in [0.15, 0.2) is 16.4 Å². The number of rotatable bonds is 16. The maximum absolute atomic E-state index is 12.2. The van der Waals surface area contributed by atoms with Crippen LogP contribution < -0.4 is 5.32 Å². The van der Waals surface area contributed by atoms with Gasteiger partial charge >= 0.3 is 5.97 Å². The predicted octanol–water partition coefficient (Wildman–Crippen LogP) is 2.96. The maximum atomic E-state index is 12.2.